The van der Waals surface area contributed by atoms with E-state index in [-0.39, 0.29) is 6.04 Å². The van der Waals surface area contributed by atoms with E-state index in [4.69, 9.17) is 0 Å². The standard InChI is InChI=1S/C12H16FN/c1-2-3-9-14-11(12(14)13)10-7-5-4-6-8-10/h4-8,11-12H,2-3,9H2,1H3/t11-,12+,14?/m1/s1. The lowest BCUT2D eigenvalue weighted by molar-refractivity contribution is 0.344. The molecule has 1 aromatic rings. The van der Waals surface area contributed by atoms with Gasteiger partial charge >= 0.3 is 0 Å². The van der Waals surface area contributed by atoms with Crippen molar-refractivity contribution in [2.75, 3.05) is 6.54 Å². The van der Waals surface area contributed by atoms with Crippen molar-refractivity contribution in [1.82, 2.24) is 4.90 Å². The number of nitrogens with zero attached hydrogens (tertiary/aromatic N) is 1. The number of rotatable bonds is 4. The molecule has 2 heteroatoms. The molecule has 0 spiro atoms. The molecule has 1 saturated heterocycles. The number of hydrogen-bond donors (Lipinski definition) is 0. The van der Waals surface area contributed by atoms with Crippen molar-refractivity contribution in [3.8, 4) is 0 Å². The van der Waals surface area contributed by atoms with Gasteiger partial charge in [-0.1, -0.05) is 43.7 Å². The average Bonchev–Trinajstić information content (AvgIpc) is 2.87. The minimum absolute atomic E-state index is 0.0303. The summed E-state index contributed by atoms with van der Waals surface area (Å²) in [6.07, 6.45) is 1.47. The first-order valence-electron chi connectivity index (χ1n) is 5.29. The topological polar surface area (TPSA) is 3.01 Å². The Morgan fingerprint density at radius 1 is 1.29 bits per heavy atom. The maximum absolute atomic E-state index is 13.4. The van der Waals surface area contributed by atoms with Gasteiger partial charge < -0.3 is 0 Å². The van der Waals surface area contributed by atoms with Gasteiger partial charge in [-0.05, 0) is 12.0 Å². The fourth-order valence-electron chi connectivity index (χ4n) is 1.85. The summed E-state index contributed by atoms with van der Waals surface area (Å²) in [7, 11) is 0. The van der Waals surface area contributed by atoms with Gasteiger partial charge in [-0.25, -0.2) is 4.39 Å². The van der Waals surface area contributed by atoms with Crippen molar-refractivity contribution in [1.29, 1.82) is 0 Å². The Morgan fingerprint density at radius 3 is 2.64 bits per heavy atom. The number of halogens is 1. The summed E-state index contributed by atoms with van der Waals surface area (Å²) < 4.78 is 13.4. The van der Waals surface area contributed by atoms with E-state index in [1.807, 2.05) is 35.2 Å². The van der Waals surface area contributed by atoms with E-state index >= 15 is 0 Å². The first-order valence-corrected chi connectivity index (χ1v) is 5.29. The molecule has 1 nitrogen and oxygen atoms in total. The van der Waals surface area contributed by atoms with Gasteiger partial charge in [0.2, 0.25) is 0 Å². The highest BCUT2D eigenvalue weighted by Gasteiger charge is 2.48. The highest BCUT2D eigenvalue weighted by molar-refractivity contribution is 5.25. The van der Waals surface area contributed by atoms with Gasteiger partial charge in [-0.3, -0.25) is 4.90 Å². The molecule has 1 heterocycles. The highest BCUT2D eigenvalue weighted by Crippen LogP contribution is 2.43. The Kier molecular flexibility index (Phi) is 2.82. The van der Waals surface area contributed by atoms with E-state index in [1.165, 1.54) is 0 Å². The predicted octanol–water partition coefficient (Wildman–Crippen LogP) is 3.14. The molecular weight excluding hydrogens is 177 g/mol. The van der Waals surface area contributed by atoms with Gasteiger partial charge in [0.1, 0.15) is 0 Å². The Morgan fingerprint density at radius 2 is 2.00 bits per heavy atom. The first-order chi connectivity index (χ1) is 6.84. The van der Waals surface area contributed by atoms with E-state index in [9.17, 15) is 4.39 Å². The molecule has 2 rings (SSSR count). The van der Waals surface area contributed by atoms with Gasteiger partial charge in [-0.2, -0.15) is 0 Å². The van der Waals surface area contributed by atoms with Crippen LogP contribution in [0.3, 0.4) is 0 Å². The fraction of sp³-hybridized carbons (Fsp3) is 0.500. The average molecular weight is 193 g/mol. The maximum Gasteiger partial charge on any atom is 0.174 e. The molecule has 1 fully saturated rings. The lowest BCUT2D eigenvalue weighted by atomic mass is 10.1. The van der Waals surface area contributed by atoms with E-state index in [0.29, 0.717) is 0 Å². The highest BCUT2D eigenvalue weighted by atomic mass is 19.1. The van der Waals surface area contributed by atoms with Gasteiger partial charge in [0, 0.05) is 6.54 Å². The monoisotopic (exact) mass is 193 g/mol. The molecular formula is C12H16FN. The van der Waals surface area contributed by atoms with E-state index in [2.05, 4.69) is 6.92 Å². The molecule has 1 aliphatic rings. The quantitative estimate of drug-likeness (QED) is 0.524. The molecule has 0 saturated carbocycles. The summed E-state index contributed by atoms with van der Waals surface area (Å²) in [6.45, 7) is 3.02. The number of unbranched alkanes of at least 4 members (excludes halogenated alkanes) is 1. The third kappa shape index (κ3) is 1.80. The molecule has 0 N–H and O–H groups in total. The van der Waals surface area contributed by atoms with Crippen molar-refractivity contribution in [2.24, 2.45) is 0 Å². The summed E-state index contributed by atoms with van der Waals surface area (Å²) in [5.41, 5.74) is 1.11. The van der Waals surface area contributed by atoms with Crippen molar-refractivity contribution in [2.45, 2.75) is 32.1 Å². The first kappa shape index (κ1) is 9.66. The number of hydrogen-bond acceptors (Lipinski definition) is 1. The van der Waals surface area contributed by atoms with Crippen LogP contribution in [-0.2, 0) is 0 Å². The zero-order valence-corrected chi connectivity index (χ0v) is 8.49. The second kappa shape index (κ2) is 4.09. The van der Waals surface area contributed by atoms with Crippen LogP contribution in [0.15, 0.2) is 30.3 Å². The SMILES string of the molecule is CCCCN1[C@H](F)[C@H]1c1ccccc1. The molecule has 0 aliphatic carbocycles. The summed E-state index contributed by atoms with van der Waals surface area (Å²) in [5.74, 6) is 0. The molecule has 14 heavy (non-hydrogen) atoms. The summed E-state index contributed by atoms with van der Waals surface area (Å²) in [4.78, 5) is 1.92. The molecule has 0 amide bonds. The maximum atomic E-state index is 13.4. The Balaban J connectivity index is 1.95. The van der Waals surface area contributed by atoms with Crippen molar-refractivity contribution in [3.05, 3.63) is 35.9 Å². The van der Waals surface area contributed by atoms with Crippen molar-refractivity contribution >= 4 is 0 Å². The van der Waals surface area contributed by atoms with Crippen molar-refractivity contribution < 1.29 is 4.39 Å². The normalized spacial score (nSPS) is 30.3. The van der Waals surface area contributed by atoms with Crippen LogP contribution >= 0.6 is 0 Å². The van der Waals surface area contributed by atoms with Crippen LogP contribution < -0.4 is 0 Å². The Labute approximate surface area is 84.5 Å². The summed E-state index contributed by atoms with van der Waals surface area (Å²) in [5, 5.41) is 0. The summed E-state index contributed by atoms with van der Waals surface area (Å²) in [6, 6.07) is 9.95. The molecule has 0 bridgehead atoms. The molecule has 3 atom stereocenters. The van der Waals surface area contributed by atoms with Gasteiger partial charge in [0.25, 0.3) is 0 Å². The zero-order chi connectivity index (χ0) is 9.97. The van der Waals surface area contributed by atoms with E-state index in [0.717, 1.165) is 24.9 Å². The minimum atomic E-state index is -0.746. The van der Waals surface area contributed by atoms with Gasteiger partial charge in [-0.15, -0.1) is 0 Å². The predicted molar refractivity (Wildman–Crippen MR) is 55.7 cm³/mol. The third-order valence-corrected chi connectivity index (χ3v) is 2.76. The third-order valence-electron chi connectivity index (χ3n) is 2.76. The van der Waals surface area contributed by atoms with Crippen LogP contribution in [0.5, 0.6) is 0 Å². The van der Waals surface area contributed by atoms with E-state index in [1.54, 1.807) is 0 Å². The smallest absolute Gasteiger partial charge is 0.174 e. The summed E-state index contributed by atoms with van der Waals surface area (Å²) >= 11 is 0. The van der Waals surface area contributed by atoms with Crippen LogP contribution in [0.1, 0.15) is 31.4 Å². The van der Waals surface area contributed by atoms with Gasteiger partial charge in [0.05, 0.1) is 6.04 Å². The number of alkyl halides is 1. The second-order valence-electron chi connectivity index (χ2n) is 3.82. The molecule has 1 aromatic carbocycles. The van der Waals surface area contributed by atoms with Crippen LogP contribution in [0.2, 0.25) is 0 Å². The fourth-order valence-corrected chi connectivity index (χ4v) is 1.85. The molecule has 1 aliphatic heterocycles. The Bertz CT molecular complexity index is 286. The van der Waals surface area contributed by atoms with E-state index < -0.39 is 6.30 Å². The lowest BCUT2D eigenvalue weighted by Crippen LogP contribution is -2.01. The molecule has 0 aromatic heterocycles. The zero-order valence-electron chi connectivity index (χ0n) is 8.49. The lowest BCUT2D eigenvalue weighted by Gasteiger charge is -2.00. The molecule has 0 radical (unpaired) electrons. The van der Waals surface area contributed by atoms with Crippen LogP contribution in [-0.4, -0.2) is 17.7 Å². The van der Waals surface area contributed by atoms with Crippen LogP contribution in [0.4, 0.5) is 4.39 Å². The van der Waals surface area contributed by atoms with Gasteiger partial charge in [0.15, 0.2) is 6.30 Å². The van der Waals surface area contributed by atoms with Crippen LogP contribution in [0.25, 0.3) is 0 Å². The molecule has 76 valence electrons. The largest absolute Gasteiger partial charge is 0.261 e. The second-order valence-corrected chi connectivity index (χ2v) is 3.82. The number of benzene rings is 1. The molecule has 1 unspecified atom stereocenters. The van der Waals surface area contributed by atoms with Crippen molar-refractivity contribution in [3.63, 3.8) is 0 Å². The Hall–Kier alpha value is -0.890. The van der Waals surface area contributed by atoms with Crippen LogP contribution in [0, 0.1) is 0 Å². The minimum Gasteiger partial charge on any atom is -0.261 e.